The van der Waals surface area contributed by atoms with Crippen LogP contribution in [-0.4, -0.2) is 12.5 Å². The summed E-state index contributed by atoms with van der Waals surface area (Å²) >= 11 is 0. The molecule has 0 spiro atoms. The Bertz CT molecular complexity index is 407. The number of rotatable bonds is 1. The van der Waals surface area contributed by atoms with Gasteiger partial charge in [-0.2, -0.15) is 0 Å². The van der Waals surface area contributed by atoms with Crippen molar-refractivity contribution in [2.24, 2.45) is 0 Å². The molecule has 1 aliphatic rings. The Balaban J connectivity index is 0.000000606. The Hall–Kier alpha value is -1.57. The number of carbonyl (C=O) groups is 1. The molecule has 86 valence electrons. The molecule has 2 heteroatoms. The molecule has 0 N–H and O–H groups in total. The van der Waals surface area contributed by atoms with Crippen molar-refractivity contribution in [1.82, 2.24) is 0 Å². The first-order valence-corrected chi connectivity index (χ1v) is 5.87. The zero-order valence-electron chi connectivity index (χ0n) is 10.4. The van der Waals surface area contributed by atoms with E-state index in [-0.39, 0.29) is 5.91 Å². The van der Waals surface area contributed by atoms with E-state index >= 15 is 0 Å². The van der Waals surface area contributed by atoms with Crippen LogP contribution in [0.5, 0.6) is 0 Å². The molecule has 0 atom stereocenters. The van der Waals surface area contributed by atoms with Gasteiger partial charge >= 0.3 is 0 Å². The number of nitrogens with zero attached hydrogens (tertiary/aromatic N) is 1. The van der Waals surface area contributed by atoms with E-state index in [0.29, 0.717) is 0 Å². The van der Waals surface area contributed by atoms with Crippen molar-refractivity contribution in [2.75, 3.05) is 11.4 Å². The lowest BCUT2D eigenvalue weighted by Crippen LogP contribution is -2.25. The highest BCUT2D eigenvalue weighted by molar-refractivity contribution is 6.32. The molecule has 1 aromatic carbocycles. The third kappa shape index (κ3) is 1.87. The van der Waals surface area contributed by atoms with Gasteiger partial charge in [-0.05, 0) is 19.9 Å². The number of benzene rings is 1. The number of likely N-dealkylation sites (N-methyl/N-ethyl adjacent to an activating group) is 1. The predicted molar refractivity (Wildman–Crippen MR) is 69.5 cm³/mol. The maximum absolute atomic E-state index is 11.9. The van der Waals surface area contributed by atoms with Gasteiger partial charge in [-0.3, -0.25) is 4.79 Å². The minimum Gasteiger partial charge on any atom is -0.308 e. The summed E-state index contributed by atoms with van der Waals surface area (Å²) in [6, 6.07) is 7.92. The van der Waals surface area contributed by atoms with Gasteiger partial charge in [0.1, 0.15) is 0 Å². The van der Waals surface area contributed by atoms with Crippen molar-refractivity contribution >= 4 is 17.2 Å². The molecule has 0 unspecified atom stereocenters. The number of amides is 1. The average Bonchev–Trinajstić information content (AvgIpc) is 2.62. The first-order chi connectivity index (χ1) is 7.79. The molecule has 0 aliphatic carbocycles. The van der Waals surface area contributed by atoms with Crippen LogP contribution in [0.3, 0.4) is 0 Å². The highest BCUT2D eigenvalue weighted by atomic mass is 16.2. The van der Waals surface area contributed by atoms with Gasteiger partial charge in [0.05, 0.1) is 5.69 Å². The van der Waals surface area contributed by atoms with E-state index in [1.54, 1.807) is 0 Å². The summed E-state index contributed by atoms with van der Waals surface area (Å²) in [6.45, 7) is 8.63. The smallest absolute Gasteiger partial charge is 0.258 e. The Morgan fingerprint density at radius 3 is 2.44 bits per heavy atom. The van der Waals surface area contributed by atoms with Gasteiger partial charge in [0.15, 0.2) is 0 Å². The molecule has 2 rings (SSSR count). The van der Waals surface area contributed by atoms with Crippen LogP contribution in [0, 0.1) is 0 Å². The summed E-state index contributed by atoms with van der Waals surface area (Å²) in [5.41, 5.74) is 2.91. The molecule has 1 heterocycles. The monoisotopic (exact) mass is 217 g/mol. The van der Waals surface area contributed by atoms with Crippen LogP contribution in [0.25, 0.3) is 5.57 Å². The van der Waals surface area contributed by atoms with Crippen molar-refractivity contribution in [3.8, 4) is 0 Å². The molecular formula is C14H19NO. The molecule has 0 aromatic heterocycles. The largest absolute Gasteiger partial charge is 0.308 e. The van der Waals surface area contributed by atoms with Gasteiger partial charge in [0, 0.05) is 17.7 Å². The van der Waals surface area contributed by atoms with E-state index in [2.05, 4.69) is 0 Å². The van der Waals surface area contributed by atoms with Gasteiger partial charge in [-0.15, -0.1) is 0 Å². The molecular weight excluding hydrogens is 198 g/mol. The first-order valence-electron chi connectivity index (χ1n) is 5.87. The van der Waals surface area contributed by atoms with Gasteiger partial charge in [-0.1, -0.05) is 38.1 Å². The zero-order valence-corrected chi connectivity index (χ0v) is 10.4. The number of carbonyl (C=O) groups excluding carboxylic acids is 1. The minimum absolute atomic E-state index is 0.121. The van der Waals surface area contributed by atoms with E-state index in [9.17, 15) is 4.79 Å². The summed E-state index contributed by atoms with van der Waals surface area (Å²) in [6.07, 6.45) is 1.89. The topological polar surface area (TPSA) is 20.3 Å². The fraction of sp³-hybridized carbons (Fsp3) is 0.357. The molecule has 0 bridgehead atoms. The third-order valence-electron chi connectivity index (χ3n) is 2.57. The summed E-state index contributed by atoms with van der Waals surface area (Å²) in [4.78, 5) is 13.7. The van der Waals surface area contributed by atoms with Gasteiger partial charge < -0.3 is 4.90 Å². The van der Waals surface area contributed by atoms with E-state index in [1.165, 1.54) is 0 Å². The third-order valence-corrected chi connectivity index (χ3v) is 2.57. The number of anilines is 1. The Labute approximate surface area is 97.6 Å². The van der Waals surface area contributed by atoms with Crippen LogP contribution in [0.2, 0.25) is 0 Å². The number of allylic oxidation sites excluding steroid dienone is 1. The second kappa shape index (κ2) is 5.50. The highest BCUT2D eigenvalue weighted by Gasteiger charge is 2.29. The Morgan fingerprint density at radius 2 is 1.88 bits per heavy atom. The van der Waals surface area contributed by atoms with Gasteiger partial charge in [0.2, 0.25) is 0 Å². The first kappa shape index (κ1) is 12.5. The lowest BCUT2D eigenvalue weighted by molar-refractivity contribution is -0.112. The summed E-state index contributed by atoms with van der Waals surface area (Å²) < 4.78 is 0. The Kier molecular flexibility index (Phi) is 4.29. The fourth-order valence-electron chi connectivity index (χ4n) is 1.90. The molecule has 1 aliphatic heterocycles. The van der Waals surface area contributed by atoms with E-state index in [0.717, 1.165) is 23.4 Å². The van der Waals surface area contributed by atoms with Crippen LogP contribution in [-0.2, 0) is 4.79 Å². The summed E-state index contributed by atoms with van der Waals surface area (Å²) in [5, 5.41) is 0. The average molecular weight is 217 g/mol. The van der Waals surface area contributed by atoms with Crippen LogP contribution >= 0.6 is 0 Å². The fourth-order valence-corrected chi connectivity index (χ4v) is 1.90. The lowest BCUT2D eigenvalue weighted by Gasteiger charge is -2.13. The second-order valence-electron chi connectivity index (χ2n) is 3.27. The van der Waals surface area contributed by atoms with Crippen LogP contribution < -0.4 is 4.90 Å². The van der Waals surface area contributed by atoms with Crippen molar-refractivity contribution in [3.05, 3.63) is 35.9 Å². The molecule has 0 radical (unpaired) electrons. The van der Waals surface area contributed by atoms with Crippen molar-refractivity contribution in [3.63, 3.8) is 0 Å². The van der Waals surface area contributed by atoms with Crippen LogP contribution in [0.4, 0.5) is 5.69 Å². The van der Waals surface area contributed by atoms with Gasteiger partial charge in [0.25, 0.3) is 5.91 Å². The van der Waals surface area contributed by atoms with Crippen molar-refractivity contribution in [1.29, 1.82) is 0 Å². The number of fused-ring (bicyclic) bond motifs is 1. The number of hydrogen-bond acceptors (Lipinski definition) is 1. The molecule has 1 aromatic rings. The van der Waals surface area contributed by atoms with Crippen molar-refractivity contribution < 1.29 is 4.79 Å². The zero-order chi connectivity index (χ0) is 12.1. The van der Waals surface area contributed by atoms with E-state index < -0.39 is 0 Å². The standard InChI is InChI=1S/C12H13NO.C2H6/c1-3-9-10-7-5-6-8-11(10)13(4-2)12(9)14;1-2/h3,5-8H,4H2,1-2H3;1-2H3/b9-3-;. The predicted octanol–water partition coefficient (Wildman–Crippen LogP) is 3.48. The molecule has 1 amide bonds. The van der Waals surface area contributed by atoms with E-state index in [4.69, 9.17) is 0 Å². The lowest BCUT2D eigenvalue weighted by atomic mass is 10.1. The molecule has 0 saturated carbocycles. The minimum atomic E-state index is 0.121. The Morgan fingerprint density at radius 1 is 1.25 bits per heavy atom. The van der Waals surface area contributed by atoms with Gasteiger partial charge in [-0.25, -0.2) is 0 Å². The molecule has 0 saturated heterocycles. The summed E-state index contributed by atoms with van der Waals surface area (Å²) in [7, 11) is 0. The quantitative estimate of drug-likeness (QED) is 0.659. The second-order valence-corrected chi connectivity index (χ2v) is 3.27. The maximum Gasteiger partial charge on any atom is 0.258 e. The van der Waals surface area contributed by atoms with Crippen LogP contribution in [0.15, 0.2) is 30.3 Å². The summed E-state index contributed by atoms with van der Waals surface area (Å²) in [5.74, 6) is 0.121. The molecule has 16 heavy (non-hydrogen) atoms. The van der Waals surface area contributed by atoms with E-state index in [1.807, 2.05) is 62.9 Å². The molecule has 0 fully saturated rings. The maximum atomic E-state index is 11.9. The normalized spacial score (nSPS) is 15.9. The number of para-hydroxylation sites is 1. The highest BCUT2D eigenvalue weighted by Crippen LogP contribution is 2.35. The van der Waals surface area contributed by atoms with Crippen molar-refractivity contribution in [2.45, 2.75) is 27.7 Å². The number of hydrogen-bond donors (Lipinski definition) is 0. The SMILES string of the molecule is C/C=C1\C(=O)N(CC)c2ccccc21.CC. The molecule has 2 nitrogen and oxygen atoms in total. The van der Waals surface area contributed by atoms with Crippen LogP contribution in [0.1, 0.15) is 33.3 Å².